The van der Waals surface area contributed by atoms with Gasteiger partial charge in [0.05, 0.1) is 38.5 Å². The Balaban J connectivity index is 8.23. The molecule has 0 aliphatic heterocycles. The van der Waals surface area contributed by atoms with Gasteiger partial charge in [-0.25, -0.2) is 30.9 Å². The first-order valence-corrected chi connectivity index (χ1v) is 12.6. The molecule has 0 rings (SSSR count). The highest BCUT2D eigenvalue weighted by atomic mass is 31.2. The molecule has 47 heavy (non-hydrogen) atoms. The molecule has 0 N–H and O–H groups in total. The van der Waals surface area contributed by atoms with Crippen molar-refractivity contribution in [2.75, 3.05) is 0 Å². The fourth-order valence-corrected chi connectivity index (χ4v) is 5.80. The van der Waals surface area contributed by atoms with Crippen LogP contribution < -0.4 is 0 Å². The molecule has 29 heteroatoms. The van der Waals surface area contributed by atoms with Crippen molar-refractivity contribution in [1.29, 1.82) is 0 Å². The van der Waals surface area contributed by atoms with E-state index in [4.69, 9.17) is 0 Å². The van der Waals surface area contributed by atoms with Gasteiger partial charge in [0.15, 0.2) is 16.8 Å². The summed E-state index contributed by atoms with van der Waals surface area (Å²) in [6.07, 6.45) is -80.2. The third-order valence-electron chi connectivity index (χ3n) is 5.07. The normalized spacial score (nSPS) is 15.8. The highest BCUT2D eigenvalue weighted by Gasteiger charge is 2.67. The molecule has 4 nitrogen and oxygen atoms in total. The number of phosphoric ester groups is 1. The van der Waals surface area contributed by atoms with E-state index in [0.29, 0.717) is 0 Å². The fourth-order valence-electron chi connectivity index (χ4n) is 3.72. The molecule has 0 aromatic heterocycles. The Hall–Kier alpha value is -1.57. The van der Waals surface area contributed by atoms with Crippen molar-refractivity contribution in [2.24, 2.45) is 0 Å². The molecule has 0 aliphatic rings. The Morgan fingerprint density at radius 3 is 0.553 bits per heavy atom. The Morgan fingerprint density at radius 2 is 0.468 bits per heavy atom. The van der Waals surface area contributed by atoms with E-state index in [2.05, 4.69) is 13.6 Å². The number of halogens is 24. The van der Waals surface area contributed by atoms with Crippen LogP contribution in [0, 0.1) is 0 Å². The van der Waals surface area contributed by atoms with Crippen molar-refractivity contribution in [1.82, 2.24) is 0 Å². The first-order chi connectivity index (χ1) is 20.2. The summed E-state index contributed by atoms with van der Waals surface area (Å²) in [6.45, 7) is 0. The van der Waals surface area contributed by atoms with E-state index < -0.39 is 119 Å². The predicted molar refractivity (Wildman–Crippen MR) is 101 cm³/mol. The zero-order chi connectivity index (χ0) is 38.1. The van der Waals surface area contributed by atoms with Crippen molar-refractivity contribution in [3.05, 3.63) is 0 Å². The van der Waals surface area contributed by atoms with Crippen LogP contribution >= 0.6 is 7.82 Å². The summed E-state index contributed by atoms with van der Waals surface area (Å²) < 4.78 is 341. The smallest absolute Gasteiger partial charge is 0.273 e. The lowest BCUT2D eigenvalue weighted by atomic mass is 9.95. The average molecular weight is 782 g/mol. The molecule has 0 aromatic carbocycles. The van der Waals surface area contributed by atoms with E-state index >= 15 is 0 Å². The molecular formula is C18H15F24O4P. The lowest BCUT2D eigenvalue weighted by Crippen LogP contribution is -2.52. The van der Waals surface area contributed by atoms with Gasteiger partial charge in [-0.3, -0.25) is 13.6 Å². The molecule has 0 atom stereocenters. The minimum atomic E-state index is -8.70. The Kier molecular flexibility index (Phi) is 13.9. The van der Waals surface area contributed by atoms with Gasteiger partial charge in [-0.15, -0.1) is 0 Å². The van der Waals surface area contributed by atoms with Gasteiger partial charge in [0.2, 0.25) is 0 Å². The first-order valence-electron chi connectivity index (χ1n) is 11.2. The van der Waals surface area contributed by atoms with Crippen LogP contribution in [-0.2, 0) is 18.1 Å². The zero-order valence-electron chi connectivity index (χ0n) is 21.6. The molecule has 0 fully saturated rings. The third-order valence-corrected chi connectivity index (χ3v) is 6.83. The second kappa shape index (κ2) is 14.3. The van der Waals surface area contributed by atoms with Crippen LogP contribution in [0.4, 0.5) is 105 Å². The second-order valence-electron chi connectivity index (χ2n) is 9.57. The Bertz CT molecular complexity index is 859. The van der Waals surface area contributed by atoms with Crippen molar-refractivity contribution in [3.8, 4) is 0 Å². The molecular weight excluding hydrogens is 767 g/mol. The standard InChI is InChI=1S/C18H15F24O4P/c19-7(20)10(1-13(25,26)27,2-14(28,29)30)44-47(43,45-11(8(21)22,3-15(31,32)33)4-16(34,35)36)46-12(9(23)24,5-17(37,38)39)6-18(40,41)42/h7-9H,1-6H2. The Labute approximate surface area is 244 Å². The van der Waals surface area contributed by atoms with E-state index in [1.165, 1.54) is 0 Å². The highest BCUT2D eigenvalue weighted by Crippen LogP contribution is 2.66. The van der Waals surface area contributed by atoms with Crippen molar-refractivity contribution in [3.63, 3.8) is 0 Å². The van der Waals surface area contributed by atoms with Crippen LogP contribution in [0.2, 0.25) is 0 Å². The molecule has 0 heterocycles. The minimum Gasteiger partial charge on any atom is -0.273 e. The molecule has 0 spiro atoms. The topological polar surface area (TPSA) is 44.8 Å². The molecule has 284 valence electrons. The van der Waals surface area contributed by atoms with Crippen LogP contribution in [0.1, 0.15) is 38.5 Å². The quantitative estimate of drug-likeness (QED) is 0.123. The highest BCUT2D eigenvalue weighted by molar-refractivity contribution is 7.48. The van der Waals surface area contributed by atoms with Crippen LogP contribution in [0.3, 0.4) is 0 Å². The van der Waals surface area contributed by atoms with Crippen LogP contribution in [-0.4, -0.2) is 73.1 Å². The molecule has 0 unspecified atom stereocenters. The molecule has 0 bridgehead atoms. The van der Waals surface area contributed by atoms with Crippen molar-refractivity contribution < 1.29 is 124 Å². The third kappa shape index (κ3) is 16.1. The summed E-state index contributed by atoms with van der Waals surface area (Å²) in [6, 6.07) is 0. The van der Waals surface area contributed by atoms with E-state index in [1.54, 1.807) is 0 Å². The monoisotopic (exact) mass is 782 g/mol. The number of rotatable bonds is 15. The summed E-state index contributed by atoms with van der Waals surface area (Å²) in [5, 5.41) is 0. The van der Waals surface area contributed by atoms with E-state index in [0.717, 1.165) is 0 Å². The van der Waals surface area contributed by atoms with E-state index in [-0.39, 0.29) is 0 Å². The van der Waals surface area contributed by atoms with Gasteiger partial charge in [0.25, 0.3) is 19.3 Å². The van der Waals surface area contributed by atoms with Gasteiger partial charge in [0.1, 0.15) is 0 Å². The lowest BCUT2D eigenvalue weighted by molar-refractivity contribution is -0.270. The summed E-state index contributed by atoms with van der Waals surface area (Å²) in [4.78, 5) is 0. The van der Waals surface area contributed by atoms with Crippen LogP contribution in [0.25, 0.3) is 0 Å². The van der Waals surface area contributed by atoms with Crippen molar-refractivity contribution in [2.45, 2.75) is 112 Å². The van der Waals surface area contributed by atoms with Gasteiger partial charge >= 0.3 is 44.9 Å². The first kappa shape index (κ1) is 45.4. The summed E-state index contributed by atoms with van der Waals surface area (Å²) >= 11 is 0. The maximum atomic E-state index is 13.8. The maximum absolute atomic E-state index is 13.8. The number of hydrogen-bond acceptors (Lipinski definition) is 4. The maximum Gasteiger partial charge on any atom is 0.477 e. The Morgan fingerprint density at radius 1 is 0.340 bits per heavy atom. The van der Waals surface area contributed by atoms with E-state index in [1.807, 2.05) is 0 Å². The van der Waals surface area contributed by atoms with Crippen LogP contribution in [0.15, 0.2) is 0 Å². The average Bonchev–Trinajstić information content (AvgIpc) is 2.64. The van der Waals surface area contributed by atoms with Gasteiger partial charge < -0.3 is 0 Å². The van der Waals surface area contributed by atoms with Gasteiger partial charge in [-0.1, -0.05) is 0 Å². The lowest BCUT2D eigenvalue weighted by Gasteiger charge is -2.43. The summed E-state index contributed by atoms with van der Waals surface area (Å²) in [5.74, 6) is 0. The SMILES string of the molecule is O=P(OC(CC(F)(F)F)(CC(F)(F)F)C(F)F)(OC(CC(F)(F)F)(CC(F)(F)F)C(F)F)OC(CC(F)(F)F)(CC(F)(F)F)C(F)F. The van der Waals surface area contributed by atoms with Gasteiger partial charge in [-0.2, -0.15) is 79.0 Å². The minimum absolute atomic E-state index is 3.09. The second-order valence-corrected chi connectivity index (χ2v) is 11.0. The number of hydrogen-bond donors (Lipinski definition) is 0. The van der Waals surface area contributed by atoms with Gasteiger partial charge in [0, 0.05) is 0 Å². The number of alkyl halides is 24. The predicted octanol–water partition coefficient (Wildman–Crippen LogP) is 10.9. The van der Waals surface area contributed by atoms with Crippen LogP contribution in [0.5, 0.6) is 0 Å². The molecule has 0 saturated carbocycles. The van der Waals surface area contributed by atoms with E-state index in [9.17, 15) is 110 Å². The summed E-state index contributed by atoms with van der Waals surface area (Å²) in [5.41, 5.74) is -17.8. The molecule has 0 radical (unpaired) electrons. The molecule has 0 saturated heterocycles. The molecule has 0 amide bonds. The van der Waals surface area contributed by atoms with Crippen molar-refractivity contribution >= 4 is 7.82 Å². The molecule has 0 aliphatic carbocycles. The fraction of sp³-hybridized carbons (Fsp3) is 1.00. The zero-order valence-corrected chi connectivity index (χ0v) is 22.5. The summed E-state index contributed by atoms with van der Waals surface area (Å²) in [7, 11) is -8.70. The largest absolute Gasteiger partial charge is 0.477 e. The molecule has 0 aromatic rings. The number of phosphoric acid groups is 1. The van der Waals surface area contributed by atoms with Gasteiger partial charge in [-0.05, 0) is 0 Å².